The molecule has 2 aliphatic rings. The quantitative estimate of drug-likeness (QED) is 0.251. The Labute approximate surface area is 266 Å². The summed E-state index contributed by atoms with van der Waals surface area (Å²) in [4.78, 5) is 27.7. The normalized spacial score (nSPS) is 24.2. The number of aromatic nitrogens is 4. The third kappa shape index (κ3) is 5.50. The minimum atomic E-state index is -1.32. The summed E-state index contributed by atoms with van der Waals surface area (Å²) in [5.74, 6) is -0.291. The minimum Gasteiger partial charge on any atom is -0.462 e. The molecule has 2 aromatic carbocycles. The van der Waals surface area contributed by atoms with E-state index < -0.39 is 11.5 Å². The van der Waals surface area contributed by atoms with Crippen molar-refractivity contribution in [1.82, 2.24) is 29.5 Å². The van der Waals surface area contributed by atoms with E-state index in [1.807, 2.05) is 56.8 Å². The number of nitrogens with zero attached hydrogens (tertiary/aromatic N) is 7. The van der Waals surface area contributed by atoms with Crippen LogP contribution in [0.4, 0.5) is 14.6 Å². The van der Waals surface area contributed by atoms with Crippen LogP contribution in [-0.4, -0.2) is 92.5 Å². The molecular weight excluding hydrogens is 600 g/mol. The number of fused-ring (bicyclic) bond motifs is 2. The van der Waals surface area contributed by atoms with Gasteiger partial charge in [0, 0.05) is 73.1 Å². The molecule has 0 N–H and O–H groups in total. The highest BCUT2D eigenvalue weighted by Crippen LogP contribution is 2.43. The van der Waals surface area contributed by atoms with Crippen molar-refractivity contribution in [3.63, 3.8) is 0 Å². The highest BCUT2D eigenvalue weighted by atomic mass is 35.5. The predicted molar refractivity (Wildman–Crippen MR) is 173 cm³/mol. The lowest BCUT2D eigenvalue weighted by molar-refractivity contribution is -0.128. The van der Waals surface area contributed by atoms with E-state index in [0.717, 1.165) is 16.5 Å². The Bertz CT molecular complexity index is 1830. The van der Waals surface area contributed by atoms with E-state index in [1.54, 1.807) is 28.8 Å². The van der Waals surface area contributed by atoms with Gasteiger partial charge in [0.05, 0.1) is 16.7 Å². The van der Waals surface area contributed by atoms with Gasteiger partial charge in [0.1, 0.15) is 23.6 Å². The van der Waals surface area contributed by atoms with Crippen molar-refractivity contribution in [3.05, 3.63) is 53.5 Å². The fraction of sp³-hybridized carbons (Fsp3) is 0.455. The van der Waals surface area contributed by atoms with Crippen molar-refractivity contribution >= 4 is 45.1 Å². The molecule has 4 aromatic rings. The van der Waals surface area contributed by atoms with E-state index in [9.17, 15) is 9.18 Å². The number of likely N-dealkylation sites (N-methyl/N-ethyl adjacent to an activating group) is 1. The number of anilines is 1. The van der Waals surface area contributed by atoms with Gasteiger partial charge in [0.2, 0.25) is 5.91 Å². The number of carbonyl (C=O) groups is 1. The second-order valence-corrected chi connectivity index (χ2v) is 13.2. The number of hydrogen-bond acceptors (Lipinski definition) is 7. The molecular formula is C33H38ClF2N7O2. The summed E-state index contributed by atoms with van der Waals surface area (Å²) < 4.78 is 39.6. The van der Waals surface area contributed by atoms with E-state index in [-0.39, 0.29) is 52.8 Å². The summed E-state index contributed by atoms with van der Waals surface area (Å²) in [5.41, 5.74) is 1.18. The monoisotopic (exact) mass is 637 g/mol. The first-order valence-electron chi connectivity index (χ1n) is 15.1. The number of hydrogen-bond donors (Lipinski definition) is 0. The van der Waals surface area contributed by atoms with E-state index >= 15 is 4.39 Å². The average Bonchev–Trinajstić information content (AvgIpc) is 3.49. The maximum Gasteiger partial charge on any atom is 0.319 e. The van der Waals surface area contributed by atoms with Gasteiger partial charge in [-0.25, -0.2) is 8.78 Å². The van der Waals surface area contributed by atoms with Crippen LogP contribution >= 0.6 is 11.6 Å². The fourth-order valence-electron chi connectivity index (χ4n) is 6.92. The van der Waals surface area contributed by atoms with Crippen LogP contribution in [-0.2, 0) is 11.8 Å². The molecule has 9 nitrogen and oxygen atoms in total. The number of aryl methyl sites for hydroxylation is 2. The molecule has 1 amide bonds. The lowest BCUT2D eigenvalue weighted by Crippen LogP contribution is -2.58. The zero-order valence-corrected chi connectivity index (χ0v) is 27.2. The third-order valence-corrected chi connectivity index (χ3v) is 9.49. The number of piperazine rings is 1. The number of carbonyl (C=O) groups excluding carboxylic acids is 1. The van der Waals surface area contributed by atoms with E-state index in [0.29, 0.717) is 42.8 Å². The van der Waals surface area contributed by atoms with Gasteiger partial charge >= 0.3 is 6.01 Å². The largest absolute Gasteiger partial charge is 0.462 e. The van der Waals surface area contributed by atoms with Gasteiger partial charge in [-0.15, -0.1) is 0 Å². The van der Waals surface area contributed by atoms with Gasteiger partial charge in [0.25, 0.3) is 0 Å². The van der Waals surface area contributed by atoms with Crippen molar-refractivity contribution in [2.45, 2.75) is 57.9 Å². The molecule has 4 atom stereocenters. The molecule has 0 spiro atoms. The molecule has 0 bridgehead atoms. The van der Waals surface area contributed by atoms with Gasteiger partial charge in [-0.2, -0.15) is 15.1 Å². The number of benzene rings is 2. The second kappa shape index (κ2) is 11.5. The molecule has 2 saturated heterocycles. The Hall–Kier alpha value is -3.83. The number of halogens is 3. The molecule has 1 unspecified atom stereocenters. The first-order chi connectivity index (χ1) is 21.3. The number of ether oxygens (including phenoxy) is 1. The molecule has 45 heavy (non-hydrogen) atoms. The Morgan fingerprint density at radius 1 is 1.20 bits per heavy atom. The number of amides is 1. The Morgan fingerprint density at radius 2 is 1.96 bits per heavy atom. The lowest BCUT2D eigenvalue weighted by atomic mass is 9.96. The Morgan fingerprint density at radius 3 is 2.64 bits per heavy atom. The van der Waals surface area contributed by atoms with Crippen molar-refractivity contribution in [1.29, 1.82) is 0 Å². The van der Waals surface area contributed by atoms with Crippen LogP contribution in [0.25, 0.3) is 32.9 Å². The van der Waals surface area contributed by atoms with Crippen molar-refractivity contribution < 1.29 is 18.3 Å². The molecule has 0 radical (unpaired) electrons. The van der Waals surface area contributed by atoms with E-state index in [1.165, 1.54) is 6.08 Å². The summed E-state index contributed by atoms with van der Waals surface area (Å²) in [6.45, 7) is 12.4. The maximum absolute atomic E-state index is 17.0. The highest BCUT2D eigenvalue weighted by molar-refractivity contribution is 6.35. The first kappa shape index (κ1) is 31.2. The van der Waals surface area contributed by atoms with E-state index in [2.05, 4.69) is 16.7 Å². The van der Waals surface area contributed by atoms with Gasteiger partial charge in [0.15, 0.2) is 5.82 Å². The van der Waals surface area contributed by atoms with Gasteiger partial charge in [-0.3, -0.25) is 14.4 Å². The minimum absolute atomic E-state index is 0.00884. The topological polar surface area (TPSA) is 79.6 Å². The van der Waals surface area contributed by atoms with Crippen LogP contribution in [0.1, 0.15) is 32.8 Å². The van der Waals surface area contributed by atoms with Gasteiger partial charge in [-0.05, 0) is 52.4 Å². The fourth-order valence-corrected chi connectivity index (χ4v) is 7.21. The highest BCUT2D eigenvalue weighted by Gasteiger charge is 2.40. The zero-order valence-electron chi connectivity index (χ0n) is 26.4. The van der Waals surface area contributed by atoms with Crippen molar-refractivity contribution in [3.8, 4) is 17.1 Å². The second-order valence-electron chi connectivity index (χ2n) is 12.8. The van der Waals surface area contributed by atoms with Crippen LogP contribution in [0.3, 0.4) is 0 Å². The molecule has 4 heterocycles. The summed E-state index contributed by atoms with van der Waals surface area (Å²) in [7, 11) is 3.67. The summed E-state index contributed by atoms with van der Waals surface area (Å²) >= 11 is 6.94. The lowest BCUT2D eigenvalue weighted by Gasteiger charge is -2.44. The van der Waals surface area contributed by atoms with Crippen molar-refractivity contribution in [2.24, 2.45) is 7.05 Å². The number of alkyl halides is 1. The van der Waals surface area contributed by atoms with Gasteiger partial charge < -0.3 is 14.5 Å². The Balaban J connectivity index is 1.51. The molecule has 2 fully saturated rings. The van der Waals surface area contributed by atoms with Gasteiger partial charge in [-0.1, -0.05) is 30.3 Å². The molecule has 0 aliphatic carbocycles. The predicted octanol–water partition coefficient (Wildman–Crippen LogP) is 5.71. The zero-order chi connectivity index (χ0) is 32.4. The maximum atomic E-state index is 17.0. The first-order valence-corrected chi connectivity index (χ1v) is 15.5. The number of likely N-dealkylation sites (tertiary alicyclic amines) is 1. The van der Waals surface area contributed by atoms with Crippen LogP contribution in [0, 0.1) is 12.7 Å². The molecule has 0 saturated carbocycles. The smallest absolute Gasteiger partial charge is 0.319 e. The SMILES string of the molecule is C=CC(=O)N1C[C@H](C)N(c2nc(OC[C@@H]3CC(C)(F)CN3C)nc3c(F)c(-c4c(C)ccc5cnn(C)c45)c(Cl)cc23)C[C@H]1C. The number of rotatable bonds is 6. The standard InChI is InChI=1S/C33H38ClF2N7O2/c1-8-25(44)42-14-20(4)43(15-19(42)3)31-23-11-24(34)27(26-18(2)9-10-21-13-37-41(7)30(21)26)28(35)29(23)38-32(39-31)45-16-22-12-33(5,36)17-40(22)6/h8-11,13,19-20,22H,1,12,14-17H2,2-7H3/t19-,20+,22+,33?/m1/s1. The Kier molecular flexibility index (Phi) is 7.97. The summed E-state index contributed by atoms with van der Waals surface area (Å²) in [5, 5.41) is 5.89. The summed E-state index contributed by atoms with van der Waals surface area (Å²) in [6.07, 6.45) is 3.35. The molecule has 12 heteroatoms. The average molecular weight is 638 g/mol. The van der Waals surface area contributed by atoms with Crippen molar-refractivity contribution in [2.75, 3.05) is 38.2 Å². The van der Waals surface area contributed by atoms with Crippen LogP contribution in [0.5, 0.6) is 6.01 Å². The van der Waals surface area contributed by atoms with E-state index in [4.69, 9.17) is 21.3 Å². The molecule has 6 rings (SSSR count). The van der Waals surface area contributed by atoms with Crippen LogP contribution < -0.4 is 9.64 Å². The molecule has 2 aromatic heterocycles. The van der Waals surface area contributed by atoms with Crippen LogP contribution in [0.2, 0.25) is 5.02 Å². The van der Waals surface area contributed by atoms with Crippen LogP contribution in [0.15, 0.2) is 37.1 Å². The third-order valence-electron chi connectivity index (χ3n) is 9.19. The molecule has 2 aliphatic heterocycles. The summed E-state index contributed by atoms with van der Waals surface area (Å²) in [6, 6.07) is 5.04. The molecule has 238 valence electrons.